The lowest BCUT2D eigenvalue weighted by molar-refractivity contribution is 0.0905. The third-order valence-electron chi connectivity index (χ3n) is 3.64. The van der Waals surface area contributed by atoms with Gasteiger partial charge >= 0.3 is 0 Å². The molecule has 2 unspecified atom stereocenters. The van der Waals surface area contributed by atoms with Gasteiger partial charge in [0.1, 0.15) is 5.82 Å². The highest BCUT2D eigenvalue weighted by Crippen LogP contribution is 2.34. The summed E-state index contributed by atoms with van der Waals surface area (Å²) in [4.78, 5) is 0. The number of ether oxygens (including phenoxy) is 1. The van der Waals surface area contributed by atoms with Crippen molar-refractivity contribution in [3.05, 3.63) is 35.6 Å². The van der Waals surface area contributed by atoms with Crippen LogP contribution in [0.2, 0.25) is 0 Å². The van der Waals surface area contributed by atoms with Gasteiger partial charge in [-0.2, -0.15) is 4.31 Å². The predicted octanol–water partition coefficient (Wildman–Crippen LogP) is 1.69. The Hall–Kier alpha value is -1.02. The van der Waals surface area contributed by atoms with E-state index in [1.165, 1.54) is 16.4 Å². The lowest BCUT2D eigenvalue weighted by Gasteiger charge is -2.24. The van der Waals surface area contributed by atoms with Crippen molar-refractivity contribution in [2.45, 2.75) is 38.5 Å². The molecule has 0 aromatic heterocycles. The average molecular weight is 331 g/mol. The van der Waals surface area contributed by atoms with E-state index in [0.717, 1.165) is 0 Å². The van der Waals surface area contributed by atoms with Gasteiger partial charge in [-0.25, -0.2) is 12.8 Å². The van der Waals surface area contributed by atoms with Crippen molar-refractivity contribution in [3.63, 3.8) is 0 Å². The Labute approximate surface area is 130 Å². The molecule has 1 N–H and O–H groups in total. The predicted molar refractivity (Wildman–Crippen MR) is 81.3 cm³/mol. The Morgan fingerprint density at radius 2 is 2.00 bits per heavy atom. The van der Waals surface area contributed by atoms with Crippen molar-refractivity contribution in [1.29, 1.82) is 0 Å². The standard InChI is InChI=1S/C15H22FNO4S/c1-11(2)21-7-8-22(19,20)17-10-14(18)9-15(17)12-3-5-13(16)6-4-12/h3-6,11,14-15,18H,7-10H2,1-2H3. The topological polar surface area (TPSA) is 66.8 Å². The molecule has 1 aromatic carbocycles. The van der Waals surface area contributed by atoms with Crippen LogP contribution in [0.3, 0.4) is 0 Å². The maximum Gasteiger partial charge on any atom is 0.217 e. The van der Waals surface area contributed by atoms with E-state index in [4.69, 9.17) is 4.74 Å². The van der Waals surface area contributed by atoms with Crippen molar-refractivity contribution >= 4 is 10.0 Å². The third kappa shape index (κ3) is 4.25. The minimum atomic E-state index is -3.54. The Kier molecular flexibility index (Phi) is 5.55. The SMILES string of the molecule is CC(C)OCCS(=O)(=O)N1CC(O)CC1c1ccc(F)cc1. The van der Waals surface area contributed by atoms with Crippen LogP contribution >= 0.6 is 0 Å². The van der Waals surface area contributed by atoms with E-state index in [2.05, 4.69) is 0 Å². The number of hydrogen-bond acceptors (Lipinski definition) is 4. The van der Waals surface area contributed by atoms with Crippen molar-refractivity contribution in [2.75, 3.05) is 18.9 Å². The smallest absolute Gasteiger partial charge is 0.217 e. The molecule has 0 saturated carbocycles. The second kappa shape index (κ2) is 7.04. The van der Waals surface area contributed by atoms with Gasteiger partial charge in [-0.3, -0.25) is 0 Å². The van der Waals surface area contributed by atoms with Crippen LogP contribution < -0.4 is 0 Å². The van der Waals surface area contributed by atoms with Crippen molar-refractivity contribution in [3.8, 4) is 0 Å². The van der Waals surface area contributed by atoms with E-state index < -0.39 is 22.2 Å². The number of hydrogen-bond donors (Lipinski definition) is 1. The molecule has 0 bridgehead atoms. The Bertz CT molecular complexity index is 588. The van der Waals surface area contributed by atoms with E-state index in [0.29, 0.717) is 12.0 Å². The van der Waals surface area contributed by atoms with Gasteiger partial charge in [0.2, 0.25) is 10.0 Å². The molecule has 1 aromatic rings. The summed E-state index contributed by atoms with van der Waals surface area (Å²) in [5, 5.41) is 9.85. The van der Waals surface area contributed by atoms with E-state index in [9.17, 15) is 17.9 Å². The highest BCUT2D eigenvalue weighted by atomic mass is 32.2. The Morgan fingerprint density at radius 1 is 1.36 bits per heavy atom. The largest absolute Gasteiger partial charge is 0.392 e. The first-order valence-electron chi connectivity index (χ1n) is 7.34. The van der Waals surface area contributed by atoms with Crippen LogP contribution in [0, 0.1) is 5.82 Å². The second-order valence-electron chi connectivity index (χ2n) is 5.76. The zero-order valence-electron chi connectivity index (χ0n) is 12.8. The van der Waals surface area contributed by atoms with Gasteiger partial charge in [-0.05, 0) is 38.0 Å². The van der Waals surface area contributed by atoms with Crippen molar-refractivity contribution in [1.82, 2.24) is 4.31 Å². The van der Waals surface area contributed by atoms with Gasteiger partial charge in [0.25, 0.3) is 0 Å². The minimum absolute atomic E-state index is 0.0349. The number of nitrogens with zero attached hydrogens (tertiary/aromatic N) is 1. The van der Waals surface area contributed by atoms with E-state index in [1.54, 1.807) is 12.1 Å². The summed E-state index contributed by atoms with van der Waals surface area (Å²) in [7, 11) is -3.54. The number of halogens is 1. The van der Waals surface area contributed by atoms with E-state index in [1.807, 2.05) is 13.8 Å². The first kappa shape index (κ1) is 17.3. The zero-order valence-corrected chi connectivity index (χ0v) is 13.6. The summed E-state index contributed by atoms with van der Waals surface area (Å²) in [6, 6.07) is 5.26. The molecule has 5 nitrogen and oxygen atoms in total. The number of sulfonamides is 1. The molecule has 0 aliphatic carbocycles. The number of β-amino-alcohol motifs (C(OH)–C–C–N with tert-alkyl or cyclic N) is 1. The monoisotopic (exact) mass is 331 g/mol. The minimum Gasteiger partial charge on any atom is -0.392 e. The van der Waals surface area contributed by atoms with Crippen LogP contribution in [0.5, 0.6) is 0 Å². The molecule has 1 aliphatic heterocycles. The van der Waals surface area contributed by atoms with Crippen LogP contribution in [0.15, 0.2) is 24.3 Å². The summed E-state index contributed by atoms with van der Waals surface area (Å²) >= 11 is 0. The van der Waals surface area contributed by atoms with Crippen molar-refractivity contribution < 1.29 is 22.7 Å². The average Bonchev–Trinajstić information content (AvgIpc) is 2.82. The summed E-state index contributed by atoms with van der Waals surface area (Å²) in [6.45, 7) is 3.86. The van der Waals surface area contributed by atoms with Crippen LogP contribution in [0.1, 0.15) is 31.9 Å². The van der Waals surface area contributed by atoms with Gasteiger partial charge in [-0.15, -0.1) is 0 Å². The van der Waals surface area contributed by atoms with Gasteiger partial charge in [0.15, 0.2) is 0 Å². The lowest BCUT2D eigenvalue weighted by atomic mass is 10.0. The van der Waals surface area contributed by atoms with Gasteiger partial charge in [0, 0.05) is 6.54 Å². The number of aliphatic hydroxyl groups is 1. The highest BCUT2D eigenvalue weighted by molar-refractivity contribution is 7.89. The summed E-state index contributed by atoms with van der Waals surface area (Å²) in [6.07, 6.45) is -0.432. The lowest BCUT2D eigenvalue weighted by Crippen LogP contribution is -2.35. The van der Waals surface area contributed by atoms with Crippen molar-refractivity contribution in [2.24, 2.45) is 0 Å². The molecular weight excluding hydrogens is 309 g/mol. The molecule has 2 atom stereocenters. The molecule has 1 saturated heterocycles. The maximum absolute atomic E-state index is 13.0. The molecular formula is C15H22FNO4S. The fourth-order valence-corrected chi connectivity index (χ4v) is 4.12. The first-order valence-corrected chi connectivity index (χ1v) is 8.95. The van der Waals surface area contributed by atoms with Crippen LogP contribution in [0.25, 0.3) is 0 Å². The normalized spacial score (nSPS) is 23.3. The van der Waals surface area contributed by atoms with Gasteiger partial charge in [0.05, 0.1) is 30.6 Å². The quantitative estimate of drug-likeness (QED) is 0.861. The fraction of sp³-hybridized carbons (Fsp3) is 0.600. The summed E-state index contributed by atoms with van der Waals surface area (Å²) in [5.74, 6) is -0.502. The van der Waals surface area contributed by atoms with E-state index in [-0.39, 0.29) is 30.8 Å². The van der Waals surface area contributed by atoms with Crippen LogP contribution in [0.4, 0.5) is 4.39 Å². The molecule has 1 fully saturated rings. The molecule has 1 heterocycles. The summed E-state index contributed by atoms with van der Waals surface area (Å²) in [5.41, 5.74) is 0.686. The number of benzene rings is 1. The van der Waals surface area contributed by atoms with Crippen LogP contribution in [-0.2, 0) is 14.8 Å². The summed E-state index contributed by atoms with van der Waals surface area (Å²) < 4.78 is 44.6. The molecule has 0 radical (unpaired) electrons. The van der Waals surface area contributed by atoms with E-state index >= 15 is 0 Å². The molecule has 2 rings (SSSR count). The fourth-order valence-electron chi connectivity index (χ4n) is 2.59. The molecule has 22 heavy (non-hydrogen) atoms. The molecule has 7 heteroatoms. The maximum atomic E-state index is 13.0. The highest BCUT2D eigenvalue weighted by Gasteiger charge is 2.39. The van der Waals surface area contributed by atoms with Gasteiger partial charge in [-0.1, -0.05) is 12.1 Å². The van der Waals surface area contributed by atoms with Crippen LogP contribution in [-0.4, -0.2) is 48.9 Å². The second-order valence-corrected chi connectivity index (χ2v) is 7.80. The number of rotatable bonds is 6. The first-order chi connectivity index (χ1) is 10.3. The van der Waals surface area contributed by atoms with Gasteiger partial charge < -0.3 is 9.84 Å². The molecule has 0 amide bonds. The Balaban J connectivity index is 2.14. The molecule has 0 spiro atoms. The third-order valence-corrected chi connectivity index (χ3v) is 5.44. The zero-order chi connectivity index (χ0) is 16.3. The Morgan fingerprint density at radius 3 is 2.59 bits per heavy atom. The molecule has 1 aliphatic rings. The molecule has 124 valence electrons. The number of aliphatic hydroxyl groups excluding tert-OH is 1.